The lowest BCUT2D eigenvalue weighted by Gasteiger charge is -2.44. The monoisotopic (exact) mass is 663 g/mol. The molecule has 0 spiro atoms. The summed E-state index contributed by atoms with van der Waals surface area (Å²) in [6.45, 7) is 1.04. The summed E-state index contributed by atoms with van der Waals surface area (Å²) in [5.41, 5.74) is 6.61. The highest BCUT2D eigenvalue weighted by molar-refractivity contribution is 7.19. The summed E-state index contributed by atoms with van der Waals surface area (Å²) >= 11 is 0. The van der Waals surface area contributed by atoms with Gasteiger partial charge < -0.3 is 9.84 Å². The fourth-order valence-corrected chi connectivity index (χ4v) is 7.32. The van der Waals surface area contributed by atoms with Crippen LogP contribution in [-0.4, -0.2) is 24.3 Å². The number of unbranched alkanes of at least 4 members (excludes halogenated alkanes) is 7. The Hall–Kier alpha value is -5.16. The largest absolute Gasteiger partial charge is 0.497 e. The van der Waals surface area contributed by atoms with E-state index in [1.54, 1.807) is 7.11 Å². The number of hydrogen-bond acceptors (Lipinski definition) is 2. The van der Waals surface area contributed by atoms with Crippen LogP contribution < -0.4 is 31.2 Å². The van der Waals surface area contributed by atoms with Crippen LogP contribution in [0.5, 0.6) is 5.75 Å². The highest BCUT2D eigenvalue weighted by Crippen LogP contribution is 2.18. The number of aromatic nitrogens is 1. The fourth-order valence-electron chi connectivity index (χ4n) is 7.32. The lowest BCUT2D eigenvalue weighted by molar-refractivity contribution is -0.671. The van der Waals surface area contributed by atoms with Crippen molar-refractivity contribution in [1.29, 1.82) is 0 Å². The average molecular weight is 664 g/mol. The van der Waals surface area contributed by atoms with E-state index >= 15 is 0 Å². The Balaban J connectivity index is 0.000000194. The molecule has 0 bridgehead atoms. The molecule has 0 radical (unpaired) electrons. The topological polar surface area (TPSA) is 50.4 Å². The maximum Gasteiger partial charge on any atom is 0.303 e. The van der Waals surface area contributed by atoms with E-state index in [-0.39, 0.29) is 0 Å². The number of methoxy groups -OCH3 is 1. The number of hydrogen-bond donors (Lipinski definition) is 1. The molecule has 1 aromatic heterocycles. The second-order valence-electron chi connectivity index (χ2n) is 13.1. The molecular weight excluding hydrogens is 613 g/mol. The third-order valence-electron chi connectivity index (χ3n) is 9.82. The van der Waals surface area contributed by atoms with Crippen LogP contribution in [0.3, 0.4) is 0 Å². The minimum absolute atomic E-state index is 0.314. The molecular formula is C45H50BNO3. The second-order valence-corrected chi connectivity index (χ2v) is 13.1. The summed E-state index contributed by atoms with van der Waals surface area (Å²) in [6, 6.07) is 54.0. The van der Waals surface area contributed by atoms with Crippen LogP contribution in [0.4, 0.5) is 0 Å². The van der Waals surface area contributed by atoms with E-state index in [2.05, 4.69) is 156 Å². The van der Waals surface area contributed by atoms with Gasteiger partial charge in [0, 0.05) is 25.0 Å². The van der Waals surface area contributed by atoms with Crippen LogP contribution in [0.15, 0.2) is 158 Å². The number of fused-ring (bicyclic) bond motifs is 1. The summed E-state index contributed by atoms with van der Waals surface area (Å²) in [6.07, 6.45) is 10.4. The van der Waals surface area contributed by atoms with Gasteiger partial charge in [0.05, 0.1) is 12.5 Å². The minimum Gasteiger partial charge on any atom is -0.497 e. The van der Waals surface area contributed by atoms with Gasteiger partial charge >= 0.3 is 5.97 Å². The fraction of sp³-hybridized carbons (Fsp3) is 0.244. The number of benzene rings is 5. The molecule has 0 fully saturated rings. The molecule has 4 nitrogen and oxygen atoms in total. The van der Waals surface area contributed by atoms with Gasteiger partial charge in [0.2, 0.25) is 5.52 Å². The summed E-state index contributed by atoms with van der Waals surface area (Å²) in [5, 5.41) is 9.80. The van der Waals surface area contributed by atoms with Crippen molar-refractivity contribution >= 4 is 44.9 Å². The number of ether oxygens (including phenoxy) is 1. The molecule has 50 heavy (non-hydrogen) atoms. The van der Waals surface area contributed by atoms with E-state index in [1.807, 2.05) is 6.07 Å². The summed E-state index contributed by atoms with van der Waals surface area (Å²) in [4.78, 5) is 10.4. The lowest BCUT2D eigenvalue weighted by Crippen LogP contribution is -2.74. The zero-order chi connectivity index (χ0) is 34.9. The molecule has 1 heterocycles. The number of aliphatic carboxylic acids is 1. The molecule has 0 amide bonds. The first-order valence-electron chi connectivity index (χ1n) is 18.2. The van der Waals surface area contributed by atoms with Crippen molar-refractivity contribution < 1.29 is 19.2 Å². The van der Waals surface area contributed by atoms with Gasteiger partial charge in [-0.3, -0.25) is 4.79 Å². The standard InChI is InChI=1S/C24H20B.C21H29NO3/c1-5-13-21(14-6-1)25(22-15-7-2-8-16-22,23-17-9-3-10-18-23)24-19-11-4-12-20-24;1-25-19-13-14-20-18(17-19)11-10-16-22(20)15-9-7-5-3-2-4-6-8-12-21(23)24/h1-20H;10-11,13-14,16-17H,2-9,12,15H2,1H3/q-1;/p+1. The maximum absolute atomic E-state index is 10.4. The van der Waals surface area contributed by atoms with E-state index in [0.29, 0.717) is 6.42 Å². The summed E-state index contributed by atoms with van der Waals surface area (Å²) in [7, 11) is 1.70. The Labute approximate surface area is 298 Å². The third-order valence-corrected chi connectivity index (χ3v) is 9.82. The van der Waals surface area contributed by atoms with Gasteiger partial charge in [-0.25, -0.2) is 0 Å². The average Bonchev–Trinajstić information content (AvgIpc) is 3.17. The quantitative estimate of drug-likeness (QED) is 0.0654. The van der Waals surface area contributed by atoms with E-state index in [1.165, 1.54) is 64.9 Å². The summed E-state index contributed by atoms with van der Waals surface area (Å²) < 4.78 is 7.62. The first-order valence-corrected chi connectivity index (χ1v) is 18.2. The Morgan fingerprint density at radius 1 is 0.560 bits per heavy atom. The predicted molar refractivity (Wildman–Crippen MR) is 210 cm³/mol. The molecule has 0 aliphatic heterocycles. The molecule has 0 aliphatic rings. The minimum atomic E-state index is -1.22. The zero-order valence-electron chi connectivity index (χ0n) is 29.4. The second kappa shape index (κ2) is 19.1. The van der Waals surface area contributed by atoms with E-state index in [4.69, 9.17) is 9.84 Å². The zero-order valence-corrected chi connectivity index (χ0v) is 29.4. The van der Waals surface area contributed by atoms with Gasteiger partial charge in [-0.15, -0.1) is 0 Å². The number of nitrogens with zero attached hydrogens (tertiary/aromatic N) is 1. The number of aryl methyl sites for hydroxylation is 1. The first kappa shape index (κ1) is 36.1. The molecule has 6 rings (SSSR count). The van der Waals surface area contributed by atoms with Gasteiger partial charge in [0.1, 0.15) is 18.4 Å². The Bertz CT molecular complexity index is 1700. The van der Waals surface area contributed by atoms with Crippen molar-refractivity contribution in [2.24, 2.45) is 0 Å². The van der Waals surface area contributed by atoms with Crippen LogP contribution in [0.25, 0.3) is 10.9 Å². The Kier molecular flexibility index (Phi) is 13.8. The van der Waals surface area contributed by atoms with Crippen LogP contribution >= 0.6 is 0 Å². The molecule has 1 N–H and O–H groups in total. The molecule has 0 saturated heterocycles. The van der Waals surface area contributed by atoms with E-state index in [9.17, 15) is 4.79 Å². The highest BCUT2D eigenvalue weighted by Gasteiger charge is 2.31. The van der Waals surface area contributed by atoms with Crippen molar-refractivity contribution in [2.45, 2.75) is 64.3 Å². The normalized spacial score (nSPS) is 11.1. The molecule has 5 aromatic carbocycles. The number of pyridine rings is 1. The highest BCUT2D eigenvalue weighted by atomic mass is 16.5. The van der Waals surface area contributed by atoms with Crippen LogP contribution in [0.2, 0.25) is 0 Å². The molecule has 0 unspecified atom stereocenters. The lowest BCUT2D eigenvalue weighted by atomic mass is 9.13. The molecule has 256 valence electrons. The predicted octanol–water partition coefficient (Wildman–Crippen LogP) is 7.80. The molecule has 6 aromatic rings. The Morgan fingerprint density at radius 2 is 1.00 bits per heavy atom. The number of carboxylic acids is 1. The van der Waals surface area contributed by atoms with Crippen molar-refractivity contribution in [3.63, 3.8) is 0 Å². The molecule has 0 saturated carbocycles. The van der Waals surface area contributed by atoms with E-state index in [0.717, 1.165) is 31.6 Å². The molecule has 5 heteroatoms. The van der Waals surface area contributed by atoms with Gasteiger partial charge in [-0.1, -0.05) is 153 Å². The summed E-state index contributed by atoms with van der Waals surface area (Å²) in [5.74, 6) is 0.220. The van der Waals surface area contributed by atoms with Gasteiger partial charge in [0.15, 0.2) is 6.20 Å². The van der Waals surface area contributed by atoms with Crippen molar-refractivity contribution in [1.82, 2.24) is 0 Å². The van der Waals surface area contributed by atoms with Gasteiger partial charge in [-0.05, 0) is 31.0 Å². The van der Waals surface area contributed by atoms with Gasteiger partial charge in [0.25, 0.3) is 0 Å². The van der Waals surface area contributed by atoms with Crippen LogP contribution in [-0.2, 0) is 11.3 Å². The van der Waals surface area contributed by atoms with Crippen molar-refractivity contribution in [2.75, 3.05) is 7.11 Å². The van der Waals surface area contributed by atoms with Crippen molar-refractivity contribution in [3.8, 4) is 5.75 Å². The van der Waals surface area contributed by atoms with Gasteiger partial charge in [-0.2, -0.15) is 26.4 Å². The van der Waals surface area contributed by atoms with Crippen molar-refractivity contribution in [3.05, 3.63) is 158 Å². The number of rotatable bonds is 16. The van der Waals surface area contributed by atoms with E-state index < -0.39 is 12.1 Å². The SMILES string of the molecule is COc1ccc2c(ccc[n+]2CCCCCCCCCCC(=O)O)c1.c1ccc([B-](c2ccccc2)(c2ccccc2)c2ccccc2)cc1. The smallest absolute Gasteiger partial charge is 0.303 e. The molecule has 0 aliphatic carbocycles. The number of carbonyl (C=O) groups is 1. The number of carboxylic acid groups (broad SMARTS) is 1. The van der Waals surface area contributed by atoms with Crippen LogP contribution in [0.1, 0.15) is 57.8 Å². The first-order chi connectivity index (χ1) is 24.6. The maximum atomic E-state index is 10.4. The van der Waals surface area contributed by atoms with Crippen LogP contribution in [0, 0.1) is 0 Å². The molecule has 0 atom stereocenters. The Morgan fingerprint density at radius 3 is 1.44 bits per heavy atom. The third kappa shape index (κ3) is 9.50.